The van der Waals surface area contributed by atoms with Crippen molar-refractivity contribution in [3.05, 3.63) is 11.9 Å². The minimum atomic E-state index is 0.138. The number of nitrogens with one attached hydrogen (secondary N) is 1. The zero-order chi connectivity index (χ0) is 13.5. The number of nitrogens with zero attached hydrogens (tertiary/aromatic N) is 3. The highest BCUT2D eigenvalue weighted by Crippen LogP contribution is 2.24. The molecule has 0 spiro atoms. The first kappa shape index (κ1) is 15.1. The Balaban J connectivity index is 2.91. The van der Waals surface area contributed by atoms with Gasteiger partial charge < -0.3 is 10.1 Å². The molecule has 1 N–H and O–H groups in total. The van der Waals surface area contributed by atoms with E-state index in [9.17, 15) is 0 Å². The molecule has 1 rings (SSSR count). The van der Waals surface area contributed by atoms with Crippen LogP contribution in [0.5, 0.6) is 0 Å². The molecule has 0 radical (unpaired) electrons. The summed E-state index contributed by atoms with van der Waals surface area (Å²) < 4.78 is 7.73. The maximum absolute atomic E-state index is 5.91. The topological polar surface area (TPSA) is 52.0 Å². The monoisotopic (exact) mass is 254 g/mol. The van der Waals surface area contributed by atoms with Gasteiger partial charge in [0.25, 0.3) is 0 Å². The number of aryl methyl sites for hydroxylation is 1. The van der Waals surface area contributed by atoms with Crippen LogP contribution in [0, 0.1) is 5.92 Å². The summed E-state index contributed by atoms with van der Waals surface area (Å²) in [6, 6.07) is 0.143. The van der Waals surface area contributed by atoms with Crippen LogP contribution >= 0.6 is 0 Å². The van der Waals surface area contributed by atoms with Crippen molar-refractivity contribution in [1.29, 1.82) is 0 Å². The first-order chi connectivity index (χ1) is 8.61. The summed E-state index contributed by atoms with van der Waals surface area (Å²) in [6.07, 6.45) is 3.05. The standard InChI is InChI=1S/C13H26N4O/c1-6-8-14-12(11-9-15-16-17(11)5)13(10(3)4)18-7-2/h9-10,12-14H,6-8H2,1-5H3. The fourth-order valence-electron chi connectivity index (χ4n) is 2.13. The van der Waals surface area contributed by atoms with Gasteiger partial charge in [-0.15, -0.1) is 5.10 Å². The van der Waals surface area contributed by atoms with Crippen LogP contribution in [0.4, 0.5) is 0 Å². The van der Waals surface area contributed by atoms with Crippen LogP contribution in [-0.4, -0.2) is 34.2 Å². The molecular formula is C13H26N4O. The molecule has 0 saturated carbocycles. The van der Waals surface area contributed by atoms with Crippen LogP contribution in [0.15, 0.2) is 6.20 Å². The van der Waals surface area contributed by atoms with Crippen molar-refractivity contribution in [2.24, 2.45) is 13.0 Å². The number of aromatic nitrogens is 3. The van der Waals surface area contributed by atoms with Gasteiger partial charge >= 0.3 is 0 Å². The summed E-state index contributed by atoms with van der Waals surface area (Å²) in [7, 11) is 1.92. The maximum atomic E-state index is 5.91. The van der Waals surface area contributed by atoms with Crippen LogP contribution in [0.3, 0.4) is 0 Å². The Morgan fingerprint density at radius 3 is 2.56 bits per heavy atom. The first-order valence-electron chi connectivity index (χ1n) is 6.81. The Bertz CT molecular complexity index is 337. The highest BCUT2D eigenvalue weighted by molar-refractivity contribution is 5.05. The summed E-state index contributed by atoms with van der Waals surface area (Å²) in [6.45, 7) is 10.3. The summed E-state index contributed by atoms with van der Waals surface area (Å²) in [5.74, 6) is 0.439. The van der Waals surface area contributed by atoms with Crippen LogP contribution in [0.2, 0.25) is 0 Å². The van der Waals surface area contributed by atoms with Crippen molar-refractivity contribution in [3.63, 3.8) is 0 Å². The van der Waals surface area contributed by atoms with Crippen molar-refractivity contribution in [2.75, 3.05) is 13.2 Å². The SMILES string of the molecule is CCCNC(c1cnnn1C)C(OCC)C(C)C. The Kier molecular flexibility index (Phi) is 6.29. The second kappa shape index (κ2) is 7.48. The maximum Gasteiger partial charge on any atom is 0.0808 e. The third-order valence-corrected chi connectivity index (χ3v) is 3.03. The molecule has 1 heterocycles. The van der Waals surface area contributed by atoms with E-state index in [2.05, 4.69) is 36.4 Å². The van der Waals surface area contributed by atoms with E-state index in [-0.39, 0.29) is 12.1 Å². The van der Waals surface area contributed by atoms with E-state index in [4.69, 9.17) is 4.74 Å². The second-order valence-electron chi connectivity index (χ2n) is 4.88. The van der Waals surface area contributed by atoms with Gasteiger partial charge in [0, 0.05) is 13.7 Å². The van der Waals surface area contributed by atoms with E-state index in [1.807, 2.05) is 24.9 Å². The number of rotatable bonds is 8. The predicted octanol–water partition coefficient (Wildman–Crippen LogP) is 1.92. The Morgan fingerprint density at radius 2 is 2.11 bits per heavy atom. The smallest absolute Gasteiger partial charge is 0.0808 e. The van der Waals surface area contributed by atoms with Crippen molar-refractivity contribution >= 4 is 0 Å². The quantitative estimate of drug-likeness (QED) is 0.770. The summed E-state index contributed by atoms with van der Waals surface area (Å²) >= 11 is 0. The average molecular weight is 254 g/mol. The lowest BCUT2D eigenvalue weighted by Gasteiger charge is -2.30. The average Bonchev–Trinajstić information content (AvgIpc) is 2.74. The lowest BCUT2D eigenvalue weighted by molar-refractivity contribution is 0.000968. The summed E-state index contributed by atoms with van der Waals surface area (Å²) in [4.78, 5) is 0. The highest BCUT2D eigenvalue weighted by Gasteiger charge is 2.28. The largest absolute Gasteiger partial charge is 0.376 e. The molecule has 18 heavy (non-hydrogen) atoms. The molecule has 0 aliphatic heterocycles. The predicted molar refractivity (Wildman–Crippen MR) is 72.3 cm³/mol. The first-order valence-corrected chi connectivity index (χ1v) is 6.81. The molecule has 104 valence electrons. The Morgan fingerprint density at radius 1 is 1.39 bits per heavy atom. The molecule has 1 aromatic heterocycles. The second-order valence-corrected chi connectivity index (χ2v) is 4.88. The van der Waals surface area contributed by atoms with Gasteiger partial charge in [-0.2, -0.15) is 0 Å². The lowest BCUT2D eigenvalue weighted by atomic mass is 9.97. The Hall–Kier alpha value is -0.940. The molecule has 0 bridgehead atoms. The normalized spacial score (nSPS) is 15.0. The molecule has 1 aromatic rings. The van der Waals surface area contributed by atoms with Gasteiger partial charge in [0.05, 0.1) is 24.0 Å². The van der Waals surface area contributed by atoms with Gasteiger partial charge in [-0.25, -0.2) is 0 Å². The van der Waals surface area contributed by atoms with Gasteiger partial charge in [0.2, 0.25) is 0 Å². The lowest BCUT2D eigenvalue weighted by Crippen LogP contribution is -2.38. The number of hydrogen-bond acceptors (Lipinski definition) is 4. The van der Waals surface area contributed by atoms with E-state index in [0.29, 0.717) is 5.92 Å². The summed E-state index contributed by atoms with van der Waals surface area (Å²) in [5.41, 5.74) is 1.08. The van der Waals surface area contributed by atoms with E-state index in [1.165, 1.54) is 0 Å². The van der Waals surface area contributed by atoms with E-state index in [1.54, 1.807) is 0 Å². The van der Waals surface area contributed by atoms with Gasteiger partial charge in [-0.3, -0.25) is 4.68 Å². The molecule has 2 atom stereocenters. The molecule has 0 amide bonds. The minimum absolute atomic E-state index is 0.138. The van der Waals surface area contributed by atoms with Crippen LogP contribution in [0.25, 0.3) is 0 Å². The van der Waals surface area contributed by atoms with Gasteiger partial charge in [0.15, 0.2) is 0 Å². The third kappa shape index (κ3) is 3.78. The number of hydrogen-bond donors (Lipinski definition) is 1. The molecule has 5 heteroatoms. The Labute approximate surface area is 110 Å². The minimum Gasteiger partial charge on any atom is -0.376 e. The van der Waals surface area contributed by atoms with Crippen molar-refractivity contribution in [3.8, 4) is 0 Å². The molecule has 5 nitrogen and oxygen atoms in total. The zero-order valence-corrected chi connectivity index (χ0v) is 12.2. The number of ether oxygens (including phenoxy) is 1. The third-order valence-electron chi connectivity index (χ3n) is 3.03. The molecule has 0 aliphatic carbocycles. The zero-order valence-electron chi connectivity index (χ0n) is 12.2. The highest BCUT2D eigenvalue weighted by atomic mass is 16.5. The van der Waals surface area contributed by atoms with E-state index < -0.39 is 0 Å². The fourth-order valence-corrected chi connectivity index (χ4v) is 2.13. The fraction of sp³-hybridized carbons (Fsp3) is 0.846. The van der Waals surface area contributed by atoms with Crippen LogP contribution < -0.4 is 5.32 Å². The van der Waals surface area contributed by atoms with Crippen molar-refractivity contribution in [1.82, 2.24) is 20.3 Å². The summed E-state index contributed by atoms with van der Waals surface area (Å²) in [5, 5.41) is 11.5. The van der Waals surface area contributed by atoms with Crippen LogP contribution in [-0.2, 0) is 11.8 Å². The van der Waals surface area contributed by atoms with E-state index >= 15 is 0 Å². The van der Waals surface area contributed by atoms with Gasteiger partial charge in [-0.1, -0.05) is 26.0 Å². The van der Waals surface area contributed by atoms with Crippen molar-refractivity contribution < 1.29 is 4.74 Å². The molecule has 2 unspecified atom stereocenters. The molecule has 0 fully saturated rings. The van der Waals surface area contributed by atoms with E-state index in [0.717, 1.165) is 25.3 Å². The van der Waals surface area contributed by atoms with Crippen LogP contribution in [0.1, 0.15) is 45.9 Å². The van der Waals surface area contributed by atoms with Gasteiger partial charge in [0.1, 0.15) is 0 Å². The molecular weight excluding hydrogens is 228 g/mol. The molecule has 0 aliphatic rings. The van der Waals surface area contributed by atoms with Gasteiger partial charge in [-0.05, 0) is 25.8 Å². The van der Waals surface area contributed by atoms with Crippen molar-refractivity contribution in [2.45, 2.75) is 46.3 Å². The molecule has 0 aromatic carbocycles. The molecule has 0 saturated heterocycles.